The Kier molecular flexibility index (Phi) is 4.73. The Morgan fingerprint density at radius 2 is 1.79 bits per heavy atom. The molecule has 0 aromatic carbocycles. The quantitative estimate of drug-likeness (QED) is 0.867. The van der Waals surface area contributed by atoms with Crippen molar-refractivity contribution in [1.82, 2.24) is 24.6 Å². The predicted octanol–water partition coefficient (Wildman–Crippen LogP) is 0.849. The highest BCUT2D eigenvalue weighted by molar-refractivity contribution is 5.80. The van der Waals surface area contributed by atoms with Crippen LogP contribution in [0.2, 0.25) is 0 Å². The van der Waals surface area contributed by atoms with Crippen molar-refractivity contribution < 1.29 is 9.59 Å². The van der Waals surface area contributed by atoms with E-state index in [0.717, 1.165) is 43.9 Å². The number of amides is 3. The zero-order valence-corrected chi connectivity index (χ0v) is 14.4. The Morgan fingerprint density at radius 3 is 2.46 bits per heavy atom. The molecule has 3 amide bonds. The monoisotopic (exact) mass is 334 g/mol. The average molecular weight is 334 g/mol. The summed E-state index contributed by atoms with van der Waals surface area (Å²) in [6.07, 6.45) is 3.62. The van der Waals surface area contributed by atoms with Crippen LogP contribution in [0.1, 0.15) is 43.4 Å². The fourth-order valence-corrected chi connectivity index (χ4v) is 3.87. The van der Waals surface area contributed by atoms with Gasteiger partial charge in [0.15, 0.2) is 0 Å². The minimum Gasteiger partial charge on any atom is -0.351 e. The molecule has 2 N–H and O–H groups in total. The smallest absolute Gasteiger partial charge is 0.314 e. The van der Waals surface area contributed by atoms with E-state index in [2.05, 4.69) is 10.1 Å². The maximum absolute atomic E-state index is 12.9. The lowest BCUT2D eigenvalue weighted by atomic mass is 9.95. The normalized spacial score (nSPS) is 24.9. The molecular weight excluding hydrogens is 308 g/mol. The number of urea groups is 1. The van der Waals surface area contributed by atoms with Crippen LogP contribution in [-0.2, 0) is 4.79 Å². The van der Waals surface area contributed by atoms with Gasteiger partial charge in [-0.25, -0.2) is 14.5 Å². The lowest BCUT2D eigenvalue weighted by molar-refractivity contribution is -0.138. The molecule has 132 valence electrons. The fourth-order valence-electron chi connectivity index (χ4n) is 3.87. The van der Waals surface area contributed by atoms with Gasteiger partial charge in [0.1, 0.15) is 11.6 Å². The Balaban J connectivity index is 1.67. The Bertz CT molecular complexity index is 628. The zero-order chi connectivity index (χ0) is 17.3. The van der Waals surface area contributed by atoms with Gasteiger partial charge in [0.05, 0.1) is 12.0 Å². The van der Waals surface area contributed by atoms with Gasteiger partial charge in [-0.15, -0.1) is 0 Å². The van der Waals surface area contributed by atoms with Crippen LogP contribution in [-0.4, -0.2) is 62.7 Å². The van der Waals surface area contributed by atoms with Crippen molar-refractivity contribution in [3.05, 3.63) is 11.6 Å². The summed E-state index contributed by atoms with van der Waals surface area (Å²) < 4.78 is 1.95. The first kappa shape index (κ1) is 16.7. The molecule has 0 spiro atoms. The molecule has 24 heavy (non-hydrogen) atoms. The van der Waals surface area contributed by atoms with Gasteiger partial charge in [-0.05, 0) is 39.5 Å². The first-order valence-electron chi connectivity index (χ1n) is 8.68. The van der Waals surface area contributed by atoms with Crippen LogP contribution in [0, 0.1) is 19.8 Å². The van der Waals surface area contributed by atoms with E-state index in [1.807, 2.05) is 23.4 Å². The highest BCUT2D eigenvalue weighted by Gasteiger charge is 2.33. The van der Waals surface area contributed by atoms with Crippen LogP contribution in [0.3, 0.4) is 0 Å². The molecule has 0 aliphatic carbocycles. The van der Waals surface area contributed by atoms with Gasteiger partial charge in [0, 0.05) is 26.2 Å². The minimum atomic E-state index is -0.433. The SMILES string of the molecule is Cc1nc(C)n([C@@H]2CCCN(C(=O)[C@@H]3CCCN(C(N)=O)C3)C2)n1. The van der Waals surface area contributed by atoms with Crippen molar-refractivity contribution in [2.24, 2.45) is 11.7 Å². The van der Waals surface area contributed by atoms with Gasteiger partial charge in [-0.2, -0.15) is 5.10 Å². The Labute approximate surface area is 142 Å². The number of rotatable bonds is 2. The number of carbonyl (C=O) groups excluding carboxylic acids is 2. The molecule has 3 heterocycles. The van der Waals surface area contributed by atoms with Crippen molar-refractivity contribution >= 4 is 11.9 Å². The van der Waals surface area contributed by atoms with Crippen molar-refractivity contribution in [1.29, 1.82) is 0 Å². The van der Waals surface area contributed by atoms with Gasteiger partial charge >= 0.3 is 6.03 Å². The zero-order valence-electron chi connectivity index (χ0n) is 14.4. The minimum absolute atomic E-state index is 0.136. The summed E-state index contributed by atoms with van der Waals surface area (Å²) in [5.74, 6) is 1.66. The molecule has 8 nitrogen and oxygen atoms in total. The van der Waals surface area contributed by atoms with Crippen LogP contribution in [0.5, 0.6) is 0 Å². The first-order chi connectivity index (χ1) is 11.5. The molecule has 0 unspecified atom stereocenters. The number of aryl methyl sites for hydroxylation is 2. The molecule has 0 bridgehead atoms. The number of carbonyl (C=O) groups is 2. The fraction of sp³-hybridized carbons (Fsp3) is 0.750. The molecule has 0 radical (unpaired) electrons. The molecule has 2 atom stereocenters. The second-order valence-corrected chi connectivity index (χ2v) is 6.85. The summed E-state index contributed by atoms with van der Waals surface area (Å²) in [7, 11) is 0. The molecule has 2 aliphatic heterocycles. The number of aromatic nitrogens is 3. The highest BCUT2D eigenvalue weighted by Crippen LogP contribution is 2.25. The standard InChI is InChI=1S/C16H26N6O2/c1-11-18-12(2)22(19-11)14-6-4-7-20(10-14)15(23)13-5-3-8-21(9-13)16(17)24/h13-14H,3-10H2,1-2H3,(H2,17,24)/t13-,14-/m1/s1. The van der Waals surface area contributed by atoms with E-state index in [9.17, 15) is 9.59 Å². The van der Waals surface area contributed by atoms with E-state index in [1.165, 1.54) is 0 Å². The number of primary amides is 1. The summed E-state index contributed by atoms with van der Waals surface area (Å²) in [6, 6.07) is -0.252. The molecule has 2 fully saturated rings. The third-order valence-corrected chi connectivity index (χ3v) is 5.04. The van der Waals surface area contributed by atoms with Crippen LogP contribution < -0.4 is 5.73 Å². The van der Waals surface area contributed by atoms with Crippen molar-refractivity contribution in [2.75, 3.05) is 26.2 Å². The van der Waals surface area contributed by atoms with Crippen LogP contribution >= 0.6 is 0 Å². The van der Waals surface area contributed by atoms with Gasteiger partial charge in [0.2, 0.25) is 5.91 Å². The third-order valence-electron chi connectivity index (χ3n) is 5.04. The van der Waals surface area contributed by atoms with Crippen LogP contribution in [0.4, 0.5) is 4.79 Å². The number of nitrogens with zero attached hydrogens (tertiary/aromatic N) is 5. The summed E-state index contributed by atoms with van der Waals surface area (Å²) in [4.78, 5) is 32.1. The first-order valence-corrected chi connectivity index (χ1v) is 8.68. The largest absolute Gasteiger partial charge is 0.351 e. The lowest BCUT2D eigenvalue weighted by Crippen LogP contribution is -2.50. The predicted molar refractivity (Wildman–Crippen MR) is 88.2 cm³/mol. The molecule has 2 aliphatic rings. The second kappa shape index (κ2) is 6.78. The molecule has 2 saturated heterocycles. The Hall–Kier alpha value is -2.12. The third kappa shape index (κ3) is 3.37. The topological polar surface area (TPSA) is 97.4 Å². The van der Waals surface area contributed by atoms with Gasteiger partial charge in [-0.3, -0.25) is 4.79 Å². The summed E-state index contributed by atoms with van der Waals surface area (Å²) in [5, 5.41) is 4.47. The molecule has 8 heteroatoms. The van der Waals surface area contributed by atoms with Gasteiger partial charge in [0.25, 0.3) is 0 Å². The van der Waals surface area contributed by atoms with Gasteiger partial charge < -0.3 is 15.5 Å². The van der Waals surface area contributed by atoms with Gasteiger partial charge in [-0.1, -0.05) is 0 Å². The molecule has 1 aromatic heterocycles. The maximum Gasteiger partial charge on any atom is 0.314 e. The molecular formula is C16H26N6O2. The second-order valence-electron chi connectivity index (χ2n) is 6.85. The molecule has 0 saturated carbocycles. The van der Waals surface area contributed by atoms with E-state index in [-0.39, 0.29) is 17.9 Å². The van der Waals surface area contributed by atoms with Crippen molar-refractivity contribution in [3.63, 3.8) is 0 Å². The number of nitrogens with two attached hydrogens (primary N) is 1. The summed E-state index contributed by atoms with van der Waals surface area (Å²) >= 11 is 0. The average Bonchev–Trinajstić information content (AvgIpc) is 2.93. The summed E-state index contributed by atoms with van der Waals surface area (Å²) in [5.41, 5.74) is 5.37. The number of hydrogen-bond donors (Lipinski definition) is 1. The van der Waals surface area contributed by atoms with Crippen molar-refractivity contribution in [2.45, 2.75) is 45.6 Å². The van der Waals surface area contributed by atoms with Crippen LogP contribution in [0.15, 0.2) is 0 Å². The molecule has 1 aromatic rings. The van der Waals surface area contributed by atoms with E-state index in [4.69, 9.17) is 5.73 Å². The number of hydrogen-bond acceptors (Lipinski definition) is 4. The summed E-state index contributed by atoms with van der Waals surface area (Å²) in [6.45, 7) is 6.36. The van der Waals surface area contributed by atoms with Crippen molar-refractivity contribution in [3.8, 4) is 0 Å². The van der Waals surface area contributed by atoms with E-state index >= 15 is 0 Å². The van der Waals surface area contributed by atoms with E-state index in [1.54, 1.807) is 4.90 Å². The Morgan fingerprint density at radius 1 is 1.08 bits per heavy atom. The van der Waals surface area contributed by atoms with E-state index in [0.29, 0.717) is 19.6 Å². The number of piperidine rings is 2. The maximum atomic E-state index is 12.9. The number of likely N-dealkylation sites (tertiary alicyclic amines) is 2. The van der Waals surface area contributed by atoms with E-state index < -0.39 is 6.03 Å². The van der Waals surface area contributed by atoms with Crippen LogP contribution in [0.25, 0.3) is 0 Å². The lowest BCUT2D eigenvalue weighted by Gasteiger charge is -2.38. The highest BCUT2D eigenvalue weighted by atomic mass is 16.2. The molecule has 3 rings (SSSR count).